The second kappa shape index (κ2) is 8.57. The van der Waals surface area contributed by atoms with E-state index in [0.717, 1.165) is 27.5 Å². The van der Waals surface area contributed by atoms with Crippen LogP contribution in [0.2, 0.25) is 0 Å². The highest BCUT2D eigenvalue weighted by Crippen LogP contribution is 2.21. The van der Waals surface area contributed by atoms with Crippen LogP contribution in [-0.4, -0.2) is 22.0 Å². The van der Waals surface area contributed by atoms with Crippen LogP contribution in [0.3, 0.4) is 0 Å². The van der Waals surface area contributed by atoms with Gasteiger partial charge in [0.2, 0.25) is 0 Å². The summed E-state index contributed by atoms with van der Waals surface area (Å²) in [6.45, 7) is 0.178. The van der Waals surface area contributed by atoms with E-state index < -0.39 is 5.97 Å². The van der Waals surface area contributed by atoms with E-state index in [1.807, 2.05) is 48.5 Å². The Morgan fingerprint density at radius 3 is 2.27 bits per heavy atom. The highest BCUT2D eigenvalue weighted by Gasteiger charge is 2.09. The summed E-state index contributed by atoms with van der Waals surface area (Å²) in [5, 5.41) is 11.0. The van der Waals surface area contributed by atoms with Crippen molar-refractivity contribution in [2.24, 2.45) is 0 Å². The molecule has 0 aliphatic carbocycles. The topological polar surface area (TPSA) is 76.5 Å². The molecule has 0 spiro atoms. The Balaban J connectivity index is 1.50. The average Bonchev–Trinajstić information content (AvgIpc) is 2.78. The van der Waals surface area contributed by atoms with Crippen molar-refractivity contribution in [3.63, 3.8) is 0 Å². The number of esters is 1. The Hall–Kier alpha value is -3.99. The Labute approximate surface area is 173 Å². The van der Waals surface area contributed by atoms with Gasteiger partial charge in [0, 0.05) is 18.0 Å². The number of pyridine rings is 1. The molecule has 0 atom stereocenters. The molecule has 1 aromatic heterocycles. The smallest absolute Gasteiger partial charge is 0.338 e. The number of rotatable bonds is 6. The quantitative estimate of drug-likeness (QED) is 0.469. The molecule has 0 bridgehead atoms. The SMILES string of the molecule is O=C(O)c1ccc(Cc2ccc3ccc(C(=O)OCc4cccnc4)cc3c2)cc1. The van der Waals surface area contributed by atoms with E-state index in [-0.39, 0.29) is 18.1 Å². The van der Waals surface area contributed by atoms with Crippen molar-refractivity contribution >= 4 is 22.7 Å². The molecule has 0 radical (unpaired) electrons. The van der Waals surface area contributed by atoms with Crippen molar-refractivity contribution in [1.82, 2.24) is 4.98 Å². The normalized spacial score (nSPS) is 10.7. The van der Waals surface area contributed by atoms with Crippen molar-refractivity contribution in [2.45, 2.75) is 13.0 Å². The van der Waals surface area contributed by atoms with Crippen molar-refractivity contribution < 1.29 is 19.4 Å². The molecule has 5 heteroatoms. The molecule has 1 heterocycles. The fourth-order valence-corrected chi connectivity index (χ4v) is 3.25. The van der Waals surface area contributed by atoms with Crippen molar-refractivity contribution in [3.8, 4) is 0 Å². The average molecular weight is 397 g/mol. The molecular weight excluding hydrogens is 378 g/mol. The zero-order chi connectivity index (χ0) is 20.9. The van der Waals surface area contributed by atoms with Gasteiger partial charge in [0.1, 0.15) is 6.61 Å². The molecule has 0 aliphatic rings. The number of nitrogens with zero attached hydrogens (tertiary/aromatic N) is 1. The molecule has 4 aromatic rings. The Kier molecular flexibility index (Phi) is 5.52. The highest BCUT2D eigenvalue weighted by atomic mass is 16.5. The molecule has 1 N–H and O–H groups in total. The van der Waals surface area contributed by atoms with Crippen LogP contribution in [0.25, 0.3) is 10.8 Å². The van der Waals surface area contributed by atoms with Gasteiger partial charge in [0.15, 0.2) is 0 Å². The van der Waals surface area contributed by atoms with E-state index in [9.17, 15) is 9.59 Å². The van der Waals surface area contributed by atoms with E-state index in [1.165, 1.54) is 0 Å². The zero-order valence-corrected chi connectivity index (χ0v) is 16.1. The van der Waals surface area contributed by atoms with Crippen LogP contribution >= 0.6 is 0 Å². The van der Waals surface area contributed by atoms with Crippen LogP contribution in [0, 0.1) is 0 Å². The largest absolute Gasteiger partial charge is 0.478 e. The maximum atomic E-state index is 12.4. The molecular formula is C25H19NO4. The van der Waals surface area contributed by atoms with Crippen molar-refractivity contribution in [2.75, 3.05) is 0 Å². The molecule has 0 saturated carbocycles. The summed E-state index contributed by atoms with van der Waals surface area (Å²) < 4.78 is 5.39. The minimum atomic E-state index is -0.935. The number of carbonyl (C=O) groups is 2. The summed E-state index contributed by atoms with van der Waals surface area (Å²) in [6.07, 6.45) is 4.02. The van der Waals surface area contributed by atoms with Crippen LogP contribution < -0.4 is 0 Å². The molecule has 0 unspecified atom stereocenters. The monoisotopic (exact) mass is 397 g/mol. The predicted octanol–water partition coefficient (Wildman–Crippen LogP) is 4.88. The highest BCUT2D eigenvalue weighted by molar-refractivity contribution is 5.95. The van der Waals surface area contributed by atoms with Gasteiger partial charge < -0.3 is 9.84 Å². The number of aromatic carboxylic acids is 1. The first kappa shape index (κ1) is 19.3. The van der Waals surface area contributed by atoms with Gasteiger partial charge >= 0.3 is 11.9 Å². The fourth-order valence-electron chi connectivity index (χ4n) is 3.25. The lowest BCUT2D eigenvalue weighted by Crippen LogP contribution is -2.05. The summed E-state index contributed by atoms with van der Waals surface area (Å²) >= 11 is 0. The molecule has 5 nitrogen and oxygen atoms in total. The first-order valence-electron chi connectivity index (χ1n) is 9.49. The van der Waals surface area contributed by atoms with Gasteiger partial charge in [-0.3, -0.25) is 4.98 Å². The zero-order valence-electron chi connectivity index (χ0n) is 16.1. The van der Waals surface area contributed by atoms with Crippen LogP contribution in [-0.2, 0) is 17.8 Å². The number of fused-ring (bicyclic) bond motifs is 1. The van der Waals surface area contributed by atoms with E-state index >= 15 is 0 Å². The second-order valence-electron chi connectivity index (χ2n) is 7.01. The van der Waals surface area contributed by atoms with Crippen molar-refractivity contribution in [1.29, 1.82) is 0 Å². The number of aromatic nitrogens is 1. The van der Waals surface area contributed by atoms with E-state index in [0.29, 0.717) is 12.0 Å². The third-order valence-corrected chi connectivity index (χ3v) is 4.84. The fraction of sp³-hybridized carbons (Fsp3) is 0.0800. The van der Waals surface area contributed by atoms with Gasteiger partial charge in [-0.15, -0.1) is 0 Å². The van der Waals surface area contributed by atoms with Crippen LogP contribution in [0.5, 0.6) is 0 Å². The summed E-state index contributed by atoms with van der Waals surface area (Å²) in [7, 11) is 0. The third kappa shape index (κ3) is 4.52. The van der Waals surface area contributed by atoms with E-state index in [2.05, 4.69) is 4.98 Å². The predicted molar refractivity (Wildman–Crippen MR) is 114 cm³/mol. The van der Waals surface area contributed by atoms with E-state index in [1.54, 1.807) is 36.7 Å². The first-order valence-corrected chi connectivity index (χ1v) is 9.49. The van der Waals surface area contributed by atoms with Gasteiger partial charge in [0.25, 0.3) is 0 Å². The molecule has 148 valence electrons. The van der Waals surface area contributed by atoms with Crippen LogP contribution in [0.1, 0.15) is 37.4 Å². The minimum Gasteiger partial charge on any atom is -0.478 e. The maximum absolute atomic E-state index is 12.4. The third-order valence-electron chi connectivity index (χ3n) is 4.84. The molecule has 3 aromatic carbocycles. The summed E-state index contributed by atoms with van der Waals surface area (Å²) in [4.78, 5) is 27.4. The minimum absolute atomic E-state index is 0.178. The van der Waals surface area contributed by atoms with Gasteiger partial charge in [-0.1, -0.05) is 42.5 Å². The Bertz CT molecular complexity index is 1200. The van der Waals surface area contributed by atoms with Crippen LogP contribution in [0.4, 0.5) is 0 Å². The second-order valence-corrected chi connectivity index (χ2v) is 7.01. The number of benzene rings is 3. The molecule has 0 amide bonds. The lowest BCUT2D eigenvalue weighted by Gasteiger charge is -2.08. The molecule has 0 saturated heterocycles. The number of carboxylic acid groups (broad SMARTS) is 1. The summed E-state index contributed by atoms with van der Waals surface area (Å²) in [5.41, 5.74) is 3.70. The van der Waals surface area contributed by atoms with Gasteiger partial charge in [0.05, 0.1) is 11.1 Å². The summed E-state index contributed by atoms with van der Waals surface area (Å²) in [6, 6.07) is 22.1. The van der Waals surface area contributed by atoms with Crippen molar-refractivity contribution in [3.05, 3.63) is 113 Å². The first-order chi connectivity index (χ1) is 14.6. The maximum Gasteiger partial charge on any atom is 0.338 e. The van der Waals surface area contributed by atoms with Crippen LogP contribution in [0.15, 0.2) is 85.2 Å². The Morgan fingerprint density at radius 1 is 0.800 bits per heavy atom. The summed E-state index contributed by atoms with van der Waals surface area (Å²) in [5.74, 6) is -1.31. The number of hydrogen-bond acceptors (Lipinski definition) is 4. The number of ether oxygens (including phenoxy) is 1. The van der Waals surface area contributed by atoms with Gasteiger partial charge in [-0.25, -0.2) is 9.59 Å². The van der Waals surface area contributed by atoms with Gasteiger partial charge in [-0.2, -0.15) is 0 Å². The number of carbonyl (C=O) groups excluding carboxylic acids is 1. The molecule has 0 aliphatic heterocycles. The lowest BCUT2D eigenvalue weighted by molar-refractivity contribution is 0.0472. The number of hydrogen-bond donors (Lipinski definition) is 1. The molecule has 0 fully saturated rings. The standard InChI is InChI=1S/C25H19NO4/c27-24(28)21-7-3-17(4-8-21)12-18-5-6-20-9-10-22(14-23(20)13-18)25(29)30-16-19-2-1-11-26-15-19/h1-11,13-15H,12,16H2,(H,27,28). The molecule has 4 rings (SSSR count). The molecule has 30 heavy (non-hydrogen) atoms. The van der Waals surface area contributed by atoms with Gasteiger partial charge in [-0.05, 0) is 58.7 Å². The van der Waals surface area contributed by atoms with E-state index in [4.69, 9.17) is 9.84 Å². The number of carboxylic acids is 1. The Morgan fingerprint density at radius 2 is 1.53 bits per heavy atom. The lowest BCUT2D eigenvalue weighted by atomic mass is 9.99.